The number of amides is 1. The molecule has 0 aliphatic carbocycles. The zero-order chi connectivity index (χ0) is 11.0. The fraction of sp³-hybridized carbons (Fsp3) is 0.750. The Morgan fingerprint density at radius 2 is 2.07 bits per heavy atom. The fourth-order valence-corrected chi connectivity index (χ4v) is 1.32. The van der Waals surface area contributed by atoms with Crippen molar-refractivity contribution in [2.45, 2.75) is 19.4 Å². The van der Waals surface area contributed by atoms with Gasteiger partial charge in [-0.25, -0.2) is 0 Å². The smallest absolute Gasteiger partial charge is 0.313 e. The monoisotopic (exact) mass is 221 g/mol. The quantitative estimate of drug-likeness (QED) is 0.549. The number of nitrogens with one attached hydrogen (secondary N) is 1. The van der Waals surface area contributed by atoms with Gasteiger partial charge >= 0.3 is 5.97 Å². The summed E-state index contributed by atoms with van der Waals surface area (Å²) >= 11 is 1.04. The highest BCUT2D eigenvalue weighted by Gasteiger charge is 2.09. The van der Waals surface area contributed by atoms with Crippen LogP contribution in [-0.4, -0.2) is 46.2 Å². The van der Waals surface area contributed by atoms with Crippen LogP contribution < -0.4 is 5.32 Å². The van der Waals surface area contributed by atoms with Crippen molar-refractivity contribution in [2.24, 2.45) is 0 Å². The van der Waals surface area contributed by atoms with E-state index in [1.165, 1.54) is 0 Å². The summed E-state index contributed by atoms with van der Waals surface area (Å²) in [6.07, 6.45) is 0.659. The molecule has 0 radical (unpaired) electrons. The van der Waals surface area contributed by atoms with Gasteiger partial charge in [0.15, 0.2) is 0 Å². The predicted molar refractivity (Wildman–Crippen MR) is 54.3 cm³/mol. The largest absolute Gasteiger partial charge is 0.481 e. The number of carbonyl (C=O) groups excluding carboxylic acids is 1. The van der Waals surface area contributed by atoms with Crippen molar-refractivity contribution >= 4 is 23.6 Å². The lowest BCUT2D eigenvalue weighted by Crippen LogP contribution is -2.38. The van der Waals surface area contributed by atoms with Crippen LogP contribution in [0.2, 0.25) is 0 Å². The van der Waals surface area contributed by atoms with E-state index in [-0.39, 0.29) is 30.1 Å². The molecule has 0 spiro atoms. The molecule has 1 atom stereocenters. The standard InChI is InChI=1S/C8H15NO4S/c1-2-6(3-10)9-7(11)4-14-5-8(12)13/h6,10H,2-5H2,1H3,(H,9,11)(H,12,13)/t6-/m1/s1. The molecule has 14 heavy (non-hydrogen) atoms. The highest BCUT2D eigenvalue weighted by atomic mass is 32.2. The van der Waals surface area contributed by atoms with Gasteiger partial charge in [0.1, 0.15) is 0 Å². The van der Waals surface area contributed by atoms with Gasteiger partial charge in [-0.05, 0) is 6.42 Å². The third kappa shape index (κ3) is 6.73. The second-order valence-corrected chi connectivity index (χ2v) is 3.73. The van der Waals surface area contributed by atoms with Crippen LogP contribution in [0.3, 0.4) is 0 Å². The first kappa shape index (κ1) is 13.2. The highest BCUT2D eigenvalue weighted by Crippen LogP contribution is 1.99. The molecule has 0 rings (SSSR count). The Morgan fingerprint density at radius 1 is 1.43 bits per heavy atom. The van der Waals surface area contributed by atoms with Gasteiger partial charge in [-0.3, -0.25) is 9.59 Å². The van der Waals surface area contributed by atoms with E-state index in [9.17, 15) is 9.59 Å². The molecular weight excluding hydrogens is 206 g/mol. The summed E-state index contributed by atoms with van der Waals surface area (Å²) in [5.41, 5.74) is 0. The van der Waals surface area contributed by atoms with Crippen molar-refractivity contribution in [3.63, 3.8) is 0 Å². The lowest BCUT2D eigenvalue weighted by Gasteiger charge is -2.13. The Hall–Kier alpha value is -0.750. The van der Waals surface area contributed by atoms with Crippen LogP contribution in [0.1, 0.15) is 13.3 Å². The van der Waals surface area contributed by atoms with E-state index in [1.54, 1.807) is 0 Å². The zero-order valence-corrected chi connectivity index (χ0v) is 8.84. The molecule has 0 aromatic rings. The minimum absolute atomic E-state index is 0.0800. The molecule has 3 N–H and O–H groups in total. The van der Waals surface area contributed by atoms with Crippen molar-refractivity contribution < 1.29 is 19.8 Å². The van der Waals surface area contributed by atoms with E-state index in [1.807, 2.05) is 6.92 Å². The van der Waals surface area contributed by atoms with E-state index in [0.717, 1.165) is 11.8 Å². The molecule has 0 unspecified atom stereocenters. The summed E-state index contributed by atoms with van der Waals surface area (Å²) in [5, 5.41) is 19.7. The average molecular weight is 221 g/mol. The lowest BCUT2D eigenvalue weighted by atomic mass is 10.2. The Morgan fingerprint density at radius 3 is 2.50 bits per heavy atom. The van der Waals surface area contributed by atoms with Crippen molar-refractivity contribution in [1.82, 2.24) is 5.32 Å². The number of rotatable bonds is 7. The van der Waals surface area contributed by atoms with Crippen LogP contribution in [0, 0.1) is 0 Å². The number of hydrogen-bond donors (Lipinski definition) is 3. The number of carboxylic acids is 1. The fourth-order valence-electron chi connectivity index (χ4n) is 0.777. The molecule has 0 saturated carbocycles. The number of thioether (sulfide) groups is 1. The second-order valence-electron chi connectivity index (χ2n) is 2.74. The number of aliphatic hydroxyl groups is 1. The summed E-state index contributed by atoms with van der Waals surface area (Å²) in [6.45, 7) is 1.76. The van der Waals surface area contributed by atoms with Gasteiger partial charge in [0.2, 0.25) is 5.91 Å². The minimum atomic E-state index is -0.933. The summed E-state index contributed by atoms with van der Waals surface area (Å²) in [6, 6.07) is -0.229. The minimum Gasteiger partial charge on any atom is -0.481 e. The molecule has 0 fully saturated rings. The molecule has 0 aliphatic rings. The van der Waals surface area contributed by atoms with Crippen LogP contribution in [0.4, 0.5) is 0 Å². The SMILES string of the molecule is CC[C@H](CO)NC(=O)CSCC(=O)O. The van der Waals surface area contributed by atoms with Crippen molar-refractivity contribution in [1.29, 1.82) is 0 Å². The summed E-state index contributed by atoms with van der Waals surface area (Å²) in [7, 11) is 0. The maximum absolute atomic E-state index is 11.1. The summed E-state index contributed by atoms with van der Waals surface area (Å²) < 4.78 is 0. The predicted octanol–water partition coefficient (Wildman–Crippen LogP) is -0.309. The van der Waals surface area contributed by atoms with E-state index >= 15 is 0 Å². The van der Waals surface area contributed by atoms with Gasteiger partial charge in [-0.1, -0.05) is 6.92 Å². The van der Waals surface area contributed by atoms with Gasteiger partial charge in [-0.2, -0.15) is 0 Å². The summed E-state index contributed by atoms with van der Waals surface area (Å²) in [4.78, 5) is 21.2. The summed E-state index contributed by atoms with van der Waals surface area (Å²) in [5.74, 6) is -1.14. The van der Waals surface area contributed by atoms with E-state index < -0.39 is 5.97 Å². The molecule has 1 amide bonds. The van der Waals surface area contributed by atoms with Crippen molar-refractivity contribution in [3.05, 3.63) is 0 Å². The number of carbonyl (C=O) groups is 2. The first-order chi connectivity index (χ1) is 6.60. The number of carboxylic acid groups (broad SMARTS) is 1. The van der Waals surface area contributed by atoms with Gasteiger partial charge < -0.3 is 15.5 Å². The molecule has 82 valence electrons. The van der Waals surface area contributed by atoms with Crippen LogP contribution in [0.5, 0.6) is 0 Å². The van der Waals surface area contributed by atoms with E-state index in [2.05, 4.69) is 5.32 Å². The highest BCUT2D eigenvalue weighted by molar-refractivity contribution is 8.00. The molecular formula is C8H15NO4S. The molecule has 0 heterocycles. The molecule has 5 nitrogen and oxygen atoms in total. The molecule has 0 saturated heterocycles. The van der Waals surface area contributed by atoms with Crippen molar-refractivity contribution in [3.8, 4) is 0 Å². The third-order valence-corrected chi connectivity index (χ3v) is 2.45. The van der Waals surface area contributed by atoms with Crippen LogP contribution in [0.15, 0.2) is 0 Å². The third-order valence-electron chi connectivity index (χ3n) is 1.54. The number of hydrogen-bond acceptors (Lipinski definition) is 4. The normalized spacial score (nSPS) is 12.1. The molecule has 0 bridgehead atoms. The molecule has 6 heteroatoms. The second kappa shape index (κ2) is 7.64. The molecule has 0 aromatic heterocycles. The Balaban J connectivity index is 3.59. The average Bonchev–Trinajstić information content (AvgIpc) is 2.13. The van der Waals surface area contributed by atoms with Gasteiger partial charge in [0.05, 0.1) is 24.2 Å². The Bertz CT molecular complexity index is 194. The maximum Gasteiger partial charge on any atom is 0.313 e. The van der Waals surface area contributed by atoms with Gasteiger partial charge in [0, 0.05) is 0 Å². The number of aliphatic hydroxyl groups excluding tert-OH is 1. The number of aliphatic carboxylic acids is 1. The first-order valence-electron chi connectivity index (χ1n) is 4.29. The van der Waals surface area contributed by atoms with Gasteiger partial charge in [-0.15, -0.1) is 11.8 Å². The van der Waals surface area contributed by atoms with Crippen molar-refractivity contribution in [2.75, 3.05) is 18.1 Å². The van der Waals surface area contributed by atoms with Crippen LogP contribution in [-0.2, 0) is 9.59 Å². The zero-order valence-electron chi connectivity index (χ0n) is 8.02. The Labute approximate surface area is 86.9 Å². The van der Waals surface area contributed by atoms with Crippen LogP contribution in [0.25, 0.3) is 0 Å². The van der Waals surface area contributed by atoms with Gasteiger partial charge in [0.25, 0.3) is 0 Å². The molecule has 0 aromatic carbocycles. The molecule has 0 aliphatic heterocycles. The van der Waals surface area contributed by atoms with Crippen LogP contribution >= 0.6 is 11.8 Å². The Kier molecular flexibility index (Phi) is 7.23. The lowest BCUT2D eigenvalue weighted by molar-refractivity contribution is -0.133. The van der Waals surface area contributed by atoms with E-state index in [4.69, 9.17) is 10.2 Å². The maximum atomic E-state index is 11.1. The topological polar surface area (TPSA) is 86.6 Å². The first-order valence-corrected chi connectivity index (χ1v) is 5.45. The van der Waals surface area contributed by atoms with E-state index in [0.29, 0.717) is 6.42 Å².